The van der Waals surface area contributed by atoms with Gasteiger partial charge in [0.1, 0.15) is 0 Å². The van der Waals surface area contributed by atoms with E-state index in [0.717, 1.165) is 17.8 Å². The highest BCUT2D eigenvalue weighted by molar-refractivity contribution is 5.89. The van der Waals surface area contributed by atoms with Gasteiger partial charge in [-0.25, -0.2) is 18.0 Å². The van der Waals surface area contributed by atoms with Crippen molar-refractivity contribution >= 4 is 23.2 Å². The van der Waals surface area contributed by atoms with Crippen LogP contribution < -0.4 is 20.9 Å². The Morgan fingerprint density at radius 1 is 1.16 bits per heavy atom. The summed E-state index contributed by atoms with van der Waals surface area (Å²) in [6.45, 7) is 0.518. The van der Waals surface area contributed by atoms with Crippen molar-refractivity contribution in [2.45, 2.75) is 0 Å². The molecule has 0 radical (unpaired) electrons. The first-order valence-corrected chi connectivity index (χ1v) is 7.30. The van der Waals surface area contributed by atoms with Gasteiger partial charge in [-0.1, -0.05) is 0 Å². The van der Waals surface area contributed by atoms with E-state index in [2.05, 4.69) is 26.1 Å². The lowest BCUT2D eigenvalue weighted by Gasteiger charge is -2.13. The second-order valence-corrected chi connectivity index (χ2v) is 5.22. The molecular weight excluding hydrogens is 337 g/mol. The van der Waals surface area contributed by atoms with Gasteiger partial charge in [-0.15, -0.1) is 5.10 Å². The molecule has 7 nitrogen and oxygen atoms in total. The van der Waals surface area contributed by atoms with Crippen LogP contribution in [0.1, 0.15) is 0 Å². The number of rotatable bonds is 6. The van der Waals surface area contributed by atoms with Crippen molar-refractivity contribution in [3.05, 3.63) is 41.8 Å². The average molecular weight is 354 g/mol. The van der Waals surface area contributed by atoms with E-state index in [-0.39, 0.29) is 6.54 Å². The third-order valence-corrected chi connectivity index (χ3v) is 3.16. The molecule has 25 heavy (non-hydrogen) atoms. The minimum Gasteiger partial charge on any atom is -0.376 e. The summed E-state index contributed by atoms with van der Waals surface area (Å²) in [6, 6.07) is 2.70. The molecule has 0 aliphatic heterocycles. The summed E-state index contributed by atoms with van der Waals surface area (Å²) in [5, 5.41) is 15.2. The SMILES string of the molecule is CN(C)c1cnnc(NCCNC(=O)Nc2ccc(F)c(F)c2F)c1. The van der Waals surface area contributed by atoms with Gasteiger partial charge in [-0.05, 0) is 12.1 Å². The van der Waals surface area contributed by atoms with Gasteiger partial charge in [-0.2, -0.15) is 5.10 Å². The van der Waals surface area contributed by atoms with Crippen LogP contribution in [-0.2, 0) is 0 Å². The summed E-state index contributed by atoms with van der Waals surface area (Å²) in [4.78, 5) is 13.5. The minimum absolute atomic E-state index is 0.186. The predicted molar refractivity (Wildman–Crippen MR) is 88.2 cm³/mol. The standard InChI is InChI=1S/C15H17F3N6O/c1-24(2)9-7-12(23-21-8-9)19-5-6-20-15(25)22-11-4-3-10(16)13(17)14(11)18/h3-4,7-8H,5-6H2,1-2H3,(H,19,23)(H2,20,22,25). The number of carbonyl (C=O) groups excluding carboxylic acids is 1. The van der Waals surface area contributed by atoms with E-state index in [1.807, 2.05) is 19.0 Å². The Hall–Kier alpha value is -3.04. The number of hydrogen-bond donors (Lipinski definition) is 3. The van der Waals surface area contributed by atoms with Crippen LogP contribution in [0.3, 0.4) is 0 Å². The Kier molecular flexibility index (Phi) is 5.98. The average Bonchev–Trinajstić information content (AvgIpc) is 2.59. The third-order valence-electron chi connectivity index (χ3n) is 3.16. The number of benzene rings is 1. The Morgan fingerprint density at radius 3 is 2.64 bits per heavy atom. The first-order chi connectivity index (χ1) is 11.9. The molecule has 2 rings (SSSR count). The van der Waals surface area contributed by atoms with Crippen LogP contribution in [0, 0.1) is 17.5 Å². The van der Waals surface area contributed by atoms with E-state index < -0.39 is 29.2 Å². The highest BCUT2D eigenvalue weighted by Crippen LogP contribution is 2.19. The fraction of sp³-hybridized carbons (Fsp3) is 0.267. The number of amides is 2. The summed E-state index contributed by atoms with van der Waals surface area (Å²) in [6.07, 6.45) is 1.60. The molecule has 0 unspecified atom stereocenters. The minimum atomic E-state index is -1.64. The molecular formula is C15H17F3N6O. The van der Waals surface area contributed by atoms with Gasteiger partial charge in [0.05, 0.1) is 17.6 Å². The van der Waals surface area contributed by atoms with Gasteiger partial charge in [-0.3, -0.25) is 0 Å². The molecule has 2 aromatic rings. The maximum atomic E-state index is 13.4. The van der Waals surface area contributed by atoms with Gasteiger partial charge in [0.15, 0.2) is 23.3 Å². The second-order valence-electron chi connectivity index (χ2n) is 5.22. The fourth-order valence-corrected chi connectivity index (χ4v) is 1.84. The summed E-state index contributed by atoms with van der Waals surface area (Å²) < 4.78 is 39.3. The van der Waals surface area contributed by atoms with Crippen molar-refractivity contribution < 1.29 is 18.0 Å². The van der Waals surface area contributed by atoms with Gasteiger partial charge >= 0.3 is 6.03 Å². The number of anilines is 3. The van der Waals surface area contributed by atoms with Crippen molar-refractivity contribution in [1.29, 1.82) is 0 Å². The number of hydrogen-bond acceptors (Lipinski definition) is 5. The normalized spacial score (nSPS) is 10.3. The molecule has 1 aromatic carbocycles. The molecule has 0 spiro atoms. The zero-order chi connectivity index (χ0) is 18.4. The molecule has 0 aliphatic rings. The monoisotopic (exact) mass is 354 g/mol. The summed E-state index contributed by atoms with van der Waals surface area (Å²) in [5.41, 5.74) is 0.408. The van der Waals surface area contributed by atoms with Crippen LogP contribution in [0.4, 0.5) is 35.2 Å². The Bertz CT molecular complexity index is 756. The fourth-order valence-electron chi connectivity index (χ4n) is 1.84. The van der Waals surface area contributed by atoms with E-state index in [0.29, 0.717) is 12.4 Å². The molecule has 10 heteroatoms. The quantitative estimate of drug-likeness (QED) is 0.547. The van der Waals surface area contributed by atoms with Gasteiger partial charge in [0.25, 0.3) is 0 Å². The maximum Gasteiger partial charge on any atom is 0.319 e. The van der Waals surface area contributed by atoms with Gasteiger partial charge in [0.2, 0.25) is 0 Å². The smallest absolute Gasteiger partial charge is 0.319 e. The molecule has 0 saturated carbocycles. The van der Waals surface area contributed by atoms with Crippen LogP contribution in [-0.4, -0.2) is 43.4 Å². The van der Waals surface area contributed by atoms with E-state index in [1.54, 1.807) is 12.3 Å². The van der Waals surface area contributed by atoms with E-state index in [4.69, 9.17) is 0 Å². The number of aromatic nitrogens is 2. The highest BCUT2D eigenvalue weighted by atomic mass is 19.2. The molecule has 3 N–H and O–H groups in total. The number of carbonyl (C=O) groups is 1. The molecule has 0 bridgehead atoms. The van der Waals surface area contributed by atoms with Crippen LogP contribution in [0.15, 0.2) is 24.4 Å². The zero-order valence-corrected chi connectivity index (χ0v) is 13.6. The number of nitrogens with one attached hydrogen (secondary N) is 3. The lowest BCUT2D eigenvalue weighted by Crippen LogP contribution is -2.33. The largest absolute Gasteiger partial charge is 0.376 e. The molecule has 134 valence electrons. The molecule has 0 atom stereocenters. The summed E-state index contributed by atoms with van der Waals surface area (Å²) >= 11 is 0. The molecule has 1 aromatic heterocycles. The Balaban J connectivity index is 1.79. The van der Waals surface area contributed by atoms with Crippen LogP contribution in [0.5, 0.6) is 0 Å². The molecule has 2 amide bonds. The first-order valence-electron chi connectivity index (χ1n) is 7.30. The maximum absolute atomic E-state index is 13.4. The number of urea groups is 1. The van der Waals surface area contributed by atoms with Crippen LogP contribution >= 0.6 is 0 Å². The summed E-state index contributed by atoms with van der Waals surface area (Å²) in [7, 11) is 3.73. The van der Waals surface area contributed by atoms with E-state index in [9.17, 15) is 18.0 Å². The lowest BCUT2D eigenvalue weighted by molar-refractivity contribution is 0.252. The van der Waals surface area contributed by atoms with Crippen molar-refractivity contribution in [1.82, 2.24) is 15.5 Å². The second kappa shape index (κ2) is 8.18. The van der Waals surface area contributed by atoms with Gasteiger partial charge < -0.3 is 20.9 Å². The zero-order valence-electron chi connectivity index (χ0n) is 13.6. The molecule has 0 fully saturated rings. The van der Waals surface area contributed by atoms with Crippen molar-refractivity contribution in [2.75, 3.05) is 42.7 Å². The lowest BCUT2D eigenvalue weighted by atomic mass is 10.3. The Labute approximate surface area is 142 Å². The van der Waals surface area contributed by atoms with E-state index >= 15 is 0 Å². The van der Waals surface area contributed by atoms with Crippen molar-refractivity contribution in [2.24, 2.45) is 0 Å². The summed E-state index contributed by atoms with van der Waals surface area (Å²) in [5.74, 6) is -3.89. The van der Waals surface area contributed by atoms with Crippen molar-refractivity contribution in [3.63, 3.8) is 0 Å². The van der Waals surface area contributed by atoms with Crippen LogP contribution in [0.2, 0.25) is 0 Å². The molecule has 0 saturated heterocycles. The first kappa shape index (κ1) is 18.3. The Morgan fingerprint density at radius 2 is 1.92 bits per heavy atom. The third kappa shape index (κ3) is 4.96. The van der Waals surface area contributed by atoms with E-state index in [1.165, 1.54) is 0 Å². The molecule has 1 heterocycles. The number of halogens is 3. The van der Waals surface area contributed by atoms with Gasteiger partial charge in [0, 0.05) is 33.3 Å². The predicted octanol–water partition coefficient (Wildman–Crippen LogP) is 2.19. The van der Waals surface area contributed by atoms with Crippen LogP contribution in [0.25, 0.3) is 0 Å². The van der Waals surface area contributed by atoms with Crippen molar-refractivity contribution in [3.8, 4) is 0 Å². The topological polar surface area (TPSA) is 82.2 Å². The molecule has 0 aliphatic carbocycles. The highest BCUT2D eigenvalue weighted by Gasteiger charge is 2.14. The number of nitrogens with zero attached hydrogens (tertiary/aromatic N) is 3.